The smallest absolute Gasteiger partial charge is 0.295 e. The molecule has 3 aromatic rings. The van der Waals surface area contributed by atoms with Crippen LogP contribution >= 0.6 is 0 Å². The van der Waals surface area contributed by atoms with E-state index in [1.807, 2.05) is 36.4 Å². The van der Waals surface area contributed by atoms with E-state index < -0.39 is 23.5 Å². The number of aliphatic hydroxyl groups is 1. The molecule has 1 saturated heterocycles. The maximum absolute atomic E-state index is 13.4. The third-order valence-electron chi connectivity index (χ3n) is 6.09. The lowest BCUT2D eigenvalue weighted by molar-refractivity contribution is -0.140. The largest absolute Gasteiger partial charge is 0.507 e. The van der Waals surface area contributed by atoms with Gasteiger partial charge in [0.25, 0.3) is 11.7 Å². The summed E-state index contributed by atoms with van der Waals surface area (Å²) in [6.07, 6.45) is 0. The highest BCUT2D eigenvalue weighted by Crippen LogP contribution is 2.40. The topological polar surface area (TPSA) is 66.8 Å². The van der Waals surface area contributed by atoms with Crippen LogP contribution in [0.5, 0.6) is 5.75 Å². The Morgan fingerprint density at radius 3 is 2.15 bits per heavy atom. The van der Waals surface area contributed by atoms with Gasteiger partial charge in [0.1, 0.15) is 17.3 Å². The van der Waals surface area contributed by atoms with Crippen molar-refractivity contribution in [3.63, 3.8) is 0 Å². The molecule has 174 valence electrons. The van der Waals surface area contributed by atoms with E-state index in [2.05, 4.69) is 13.8 Å². The first kappa shape index (κ1) is 23.2. The Balaban J connectivity index is 1.82. The van der Waals surface area contributed by atoms with Gasteiger partial charge in [-0.15, -0.1) is 0 Å². The normalized spacial score (nSPS) is 17.4. The molecule has 0 spiro atoms. The molecule has 34 heavy (non-hydrogen) atoms. The first-order chi connectivity index (χ1) is 16.3. The van der Waals surface area contributed by atoms with Crippen LogP contribution in [0.4, 0.5) is 4.39 Å². The van der Waals surface area contributed by atoms with E-state index in [1.54, 1.807) is 19.2 Å². The molecule has 0 radical (unpaired) electrons. The van der Waals surface area contributed by atoms with E-state index in [0.717, 1.165) is 11.1 Å². The minimum atomic E-state index is -0.784. The number of ether oxygens (including phenoxy) is 1. The third-order valence-corrected chi connectivity index (χ3v) is 6.09. The summed E-state index contributed by atoms with van der Waals surface area (Å²) in [6.45, 7) is 4.34. The number of rotatable bonds is 6. The zero-order valence-corrected chi connectivity index (χ0v) is 19.3. The van der Waals surface area contributed by atoms with E-state index in [9.17, 15) is 19.1 Å². The number of carbonyl (C=O) groups excluding carboxylic acids is 2. The van der Waals surface area contributed by atoms with E-state index in [4.69, 9.17) is 4.74 Å². The molecule has 4 rings (SSSR count). The first-order valence-electron chi connectivity index (χ1n) is 11.1. The zero-order chi connectivity index (χ0) is 24.4. The number of hydrogen-bond donors (Lipinski definition) is 1. The Bertz CT molecular complexity index is 1230. The van der Waals surface area contributed by atoms with Gasteiger partial charge in [-0.1, -0.05) is 50.2 Å². The van der Waals surface area contributed by atoms with E-state index >= 15 is 0 Å². The summed E-state index contributed by atoms with van der Waals surface area (Å²) in [5.74, 6) is -1.25. The van der Waals surface area contributed by atoms with Gasteiger partial charge in [0.15, 0.2) is 0 Å². The Kier molecular flexibility index (Phi) is 6.50. The molecule has 1 unspecified atom stereocenters. The molecule has 0 saturated carbocycles. The summed E-state index contributed by atoms with van der Waals surface area (Å²) >= 11 is 0. The summed E-state index contributed by atoms with van der Waals surface area (Å²) in [5.41, 5.74) is 2.90. The second-order valence-electron chi connectivity index (χ2n) is 8.60. The molecular formula is C28H26FNO4. The molecule has 1 amide bonds. The number of aliphatic hydroxyl groups excluding tert-OH is 1. The molecule has 1 heterocycles. The fourth-order valence-electron chi connectivity index (χ4n) is 4.14. The number of carbonyl (C=O) groups is 2. The highest BCUT2D eigenvalue weighted by atomic mass is 19.1. The van der Waals surface area contributed by atoms with Crippen LogP contribution in [-0.4, -0.2) is 28.8 Å². The van der Waals surface area contributed by atoms with Crippen LogP contribution in [0, 0.1) is 5.82 Å². The maximum Gasteiger partial charge on any atom is 0.295 e. The van der Waals surface area contributed by atoms with E-state index in [-0.39, 0.29) is 23.4 Å². The second kappa shape index (κ2) is 9.51. The second-order valence-corrected chi connectivity index (χ2v) is 8.60. The van der Waals surface area contributed by atoms with Gasteiger partial charge in [0.2, 0.25) is 0 Å². The summed E-state index contributed by atoms with van der Waals surface area (Å²) in [5, 5.41) is 11.1. The predicted octanol–water partition coefficient (Wildman–Crippen LogP) is 5.58. The minimum Gasteiger partial charge on any atom is -0.507 e. The summed E-state index contributed by atoms with van der Waals surface area (Å²) in [6, 6.07) is 19.3. The average molecular weight is 460 g/mol. The van der Waals surface area contributed by atoms with Gasteiger partial charge in [-0.05, 0) is 59.0 Å². The quantitative estimate of drug-likeness (QED) is 0.297. The molecule has 1 aliphatic rings. The fourth-order valence-corrected chi connectivity index (χ4v) is 4.14. The van der Waals surface area contributed by atoms with Crippen LogP contribution in [0.15, 0.2) is 78.4 Å². The molecule has 1 aliphatic heterocycles. The molecule has 1 fully saturated rings. The van der Waals surface area contributed by atoms with Gasteiger partial charge in [0, 0.05) is 12.1 Å². The van der Waals surface area contributed by atoms with Crippen LogP contribution in [-0.2, 0) is 16.1 Å². The molecule has 0 aromatic heterocycles. The molecule has 5 nitrogen and oxygen atoms in total. The van der Waals surface area contributed by atoms with Gasteiger partial charge in [0.05, 0.1) is 18.7 Å². The molecule has 1 atom stereocenters. The monoisotopic (exact) mass is 459 g/mol. The first-order valence-corrected chi connectivity index (χ1v) is 11.1. The lowest BCUT2D eigenvalue weighted by atomic mass is 9.93. The van der Waals surface area contributed by atoms with Crippen LogP contribution in [0.3, 0.4) is 0 Å². The highest BCUT2D eigenvalue weighted by molar-refractivity contribution is 6.46. The van der Waals surface area contributed by atoms with E-state index in [1.165, 1.54) is 29.2 Å². The number of amides is 1. The van der Waals surface area contributed by atoms with Gasteiger partial charge >= 0.3 is 0 Å². The summed E-state index contributed by atoms with van der Waals surface area (Å²) < 4.78 is 18.6. The van der Waals surface area contributed by atoms with Gasteiger partial charge in [-0.2, -0.15) is 0 Å². The zero-order valence-electron chi connectivity index (χ0n) is 19.3. The number of Topliss-reactive ketones (excluding diaryl/α,β-unsaturated/α-hetero) is 1. The van der Waals surface area contributed by atoms with Crippen molar-refractivity contribution in [3.05, 3.63) is 106 Å². The molecule has 0 bridgehead atoms. The number of nitrogens with zero attached hydrogens (tertiary/aromatic N) is 1. The standard InChI is InChI=1S/C28H26FNO4/c1-17(2)19-6-8-20(9-7-19)25-24(26(31)21-10-12-22(29)13-11-21)27(32)28(33)30(25)16-18-4-14-23(34-3)15-5-18/h4-15,17,25,31H,16H2,1-3H3/b26-24-. The Labute approximate surface area is 198 Å². The molecular weight excluding hydrogens is 433 g/mol. The average Bonchev–Trinajstić information content (AvgIpc) is 3.09. The van der Waals surface area contributed by atoms with Crippen LogP contribution < -0.4 is 4.74 Å². The van der Waals surface area contributed by atoms with Crippen molar-refractivity contribution in [3.8, 4) is 5.75 Å². The molecule has 1 N–H and O–H groups in total. The summed E-state index contributed by atoms with van der Waals surface area (Å²) in [4.78, 5) is 27.7. The minimum absolute atomic E-state index is 0.0117. The number of halogens is 1. The number of methoxy groups -OCH3 is 1. The Hall–Kier alpha value is -3.93. The lowest BCUT2D eigenvalue weighted by Crippen LogP contribution is -2.29. The van der Waals surface area contributed by atoms with Crippen molar-refractivity contribution >= 4 is 17.4 Å². The molecule has 0 aliphatic carbocycles. The number of ketones is 1. The number of likely N-dealkylation sites (tertiary alicyclic amines) is 1. The number of benzene rings is 3. The SMILES string of the molecule is COc1ccc(CN2C(=O)C(=O)/C(=C(\O)c3ccc(F)cc3)C2c2ccc(C(C)C)cc2)cc1. The van der Waals surface area contributed by atoms with Crippen LogP contribution in [0.1, 0.15) is 48.1 Å². The molecule has 6 heteroatoms. The van der Waals surface area contributed by atoms with Gasteiger partial charge < -0.3 is 14.7 Å². The van der Waals surface area contributed by atoms with Crippen molar-refractivity contribution in [2.45, 2.75) is 32.4 Å². The van der Waals surface area contributed by atoms with Gasteiger partial charge in [-0.25, -0.2) is 4.39 Å². The summed E-state index contributed by atoms with van der Waals surface area (Å²) in [7, 11) is 1.57. The van der Waals surface area contributed by atoms with Crippen molar-refractivity contribution in [2.24, 2.45) is 0 Å². The highest BCUT2D eigenvalue weighted by Gasteiger charge is 2.46. The Morgan fingerprint density at radius 1 is 0.971 bits per heavy atom. The van der Waals surface area contributed by atoms with Gasteiger partial charge in [-0.3, -0.25) is 9.59 Å². The van der Waals surface area contributed by atoms with Crippen molar-refractivity contribution < 1.29 is 23.8 Å². The third kappa shape index (κ3) is 4.44. The fraction of sp³-hybridized carbons (Fsp3) is 0.214. The van der Waals surface area contributed by atoms with E-state index in [0.29, 0.717) is 17.2 Å². The maximum atomic E-state index is 13.4. The van der Waals surface area contributed by atoms with Crippen LogP contribution in [0.2, 0.25) is 0 Å². The van der Waals surface area contributed by atoms with Crippen molar-refractivity contribution in [1.82, 2.24) is 4.90 Å². The number of hydrogen-bond acceptors (Lipinski definition) is 4. The lowest BCUT2D eigenvalue weighted by Gasteiger charge is -2.26. The Morgan fingerprint density at radius 2 is 1.59 bits per heavy atom. The van der Waals surface area contributed by atoms with Crippen molar-refractivity contribution in [1.29, 1.82) is 0 Å². The van der Waals surface area contributed by atoms with Crippen molar-refractivity contribution in [2.75, 3.05) is 7.11 Å². The predicted molar refractivity (Wildman–Crippen MR) is 128 cm³/mol. The molecule has 3 aromatic carbocycles. The van der Waals surface area contributed by atoms with Crippen LogP contribution in [0.25, 0.3) is 5.76 Å².